The molecule has 3 aromatic rings. The Kier molecular flexibility index (Phi) is 3.96. The zero-order valence-corrected chi connectivity index (χ0v) is 13.7. The van der Waals surface area contributed by atoms with Crippen LogP contribution in [0.15, 0.2) is 72.0 Å². The summed E-state index contributed by atoms with van der Waals surface area (Å²) in [5, 5.41) is 0.873. The van der Waals surface area contributed by atoms with Gasteiger partial charge in [0.25, 0.3) is 10.0 Å². The van der Waals surface area contributed by atoms with Crippen molar-refractivity contribution in [1.82, 2.24) is 3.97 Å². The van der Waals surface area contributed by atoms with Gasteiger partial charge in [0.2, 0.25) is 0 Å². The van der Waals surface area contributed by atoms with Gasteiger partial charge in [0.15, 0.2) is 0 Å². The molecular formula is C18H17NO3S. The van der Waals surface area contributed by atoms with Gasteiger partial charge in [0.1, 0.15) is 0 Å². The first kappa shape index (κ1) is 15.4. The lowest BCUT2D eigenvalue weighted by Gasteiger charge is -2.07. The van der Waals surface area contributed by atoms with Crippen molar-refractivity contribution in [2.45, 2.75) is 11.8 Å². The molecule has 0 amide bonds. The molecular weight excluding hydrogens is 310 g/mol. The third-order valence-corrected chi connectivity index (χ3v) is 5.39. The fraction of sp³-hybridized carbons (Fsp3) is 0.111. The van der Waals surface area contributed by atoms with Crippen LogP contribution in [-0.4, -0.2) is 19.5 Å². The minimum atomic E-state index is -3.64. The third kappa shape index (κ3) is 2.64. The molecule has 23 heavy (non-hydrogen) atoms. The molecule has 2 aromatic carbocycles. The lowest BCUT2D eigenvalue weighted by atomic mass is 10.1. The van der Waals surface area contributed by atoms with Gasteiger partial charge >= 0.3 is 0 Å². The van der Waals surface area contributed by atoms with Gasteiger partial charge in [-0.25, -0.2) is 12.4 Å². The molecule has 0 bridgehead atoms. The highest BCUT2D eigenvalue weighted by Crippen LogP contribution is 2.30. The molecule has 0 N–H and O–H groups in total. The van der Waals surface area contributed by atoms with E-state index < -0.39 is 10.0 Å². The first-order chi connectivity index (χ1) is 11.1. The predicted molar refractivity (Wildman–Crippen MR) is 91.6 cm³/mol. The monoisotopic (exact) mass is 327 g/mol. The summed E-state index contributed by atoms with van der Waals surface area (Å²) in [4.78, 5) is 0.265. The second-order valence-electron chi connectivity index (χ2n) is 5.21. The molecule has 4 nitrogen and oxygen atoms in total. The van der Waals surface area contributed by atoms with E-state index in [0.29, 0.717) is 5.52 Å². The summed E-state index contributed by atoms with van der Waals surface area (Å²) in [6, 6.07) is 15.9. The molecule has 0 fully saturated rings. The molecule has 0 saturated carbocycles. The van der Waals surface area contributed by atoms with Crippen LogP contribution in [-0.2, 0) is 14.8 Å². The Morgan fingerprint density at radius 3 is 2.39 bits per heavy atom. The van der Waals surface area contributed by atoms with Gasteiger partial charge in [-0.2, -0.15) is 0 Å². The van der Waals surface area contributed by atoms with Gasteiger partial charge < -0.3 is 4.74 Å². The van der Waals surface area contributed by atoms with Gasteiger partial charge in [-0.15, -0.1) is 0 Å². The molecule has 0 unspecified atom stereocenters. The van der Waals surface area contributed by atoms with Crippen molar-refractivity contribution in [3.63, 3.8) is 0 Å². The number of methoxy groups -OCH3 is 1. The van der Waals surface area contributed by atoms with Crippen LogP contribution in [0, 0.1) is 0 Å². The summed E-state index contributed by atoms with van der Waals surface area (Å²) in [6.45, 7) is 1.89. The van der Waals surface area contributed by atoms with Crippen molar-refractivity contribution in [3.05, 3.63) is 72.6 Å². The van der Waals surface area contributed by atoms with Gasteiger partial charge in [0, 0.05) is 17.1 Å². The molecule has 3 rings (SSSR count). The van der Waals surface area contributed by atoms with Gasteiger partial charge in [-0.05, 0) is 30.7 Å². The van der Waals surface area contributed by atoms with Crippen molar-refractivity contribution < 1.29 is 13.2 Å². The molecule has 1 heterocycles. The quantitative estimate of drug-likeness (QED) is 0.683. The van der Waals surface area contributed by atoms with Crippen LogP contribution in [0.25, 0.3) is 16.5 Å². The van der Waals surface area contributed by atoms with E-state index >= 15 is 0 Å². The van der Waals surface area contributed by atoms with Crippen LogP contribution >= 0.6 is 0 Å². The zero-order chi connectivity index (χ0) is 16.4. The molecule has 0 atom stereocenters. The number of aromatic nitrogens is 1. The summed E-state index contributed by atoms with van der Waals surface area (Å²) in [7, 11) is -2.07. The fourth-order valence-corrected chi connectivity index (χ4v) is 4.00. The predicted octanol–water partition coefficient (Wildman–Crippen LogP) is 3.89. The summed E-state index contributed by atoms with van der Waals surface area (Å²) < 4.78 is 32.3. The van der Waals surface area contributed by atoms with E-state index in [4.69, 9.17) is 4.74 Å². The lowest BCUT2D eigenvalue weighted by Crippen LogP contribution is -2.11. The van der Waals surface area contributed by atoms with E-state index in [1.165, 1.54) is 3.97 Å². The van der Waals surface area contributed by atoms with E-state index in [2.05, 4.69) is 0 Å². The number of ether oxygens (including phenoxy) is 1. The SMILES string of the molecule is CO/C=C(/C)c1cn(S(=O)(=O)c2ccccc2)c2ccccc12. The topological polar surface area (TPSA) is 48.3 Å². The number of rotatable bonds is 4. The fourth-order valence-electron chi connectivity index (χ4n) is 2.61. The first-order valence-corrected chi connectivity index (χ1v) is 8.60. The molecule has 0 spiro atoms. The molecule has 1 aromatic heterocycles. The van der Waals surface area contributed by atoms with E-state index in [1.807, 2.05) is 25.1 Å². The number of benzene rings is 2. The lowest BCUT2D eigenvalue weighted by molar-refractivity contribution is 0.339. The molecule has 0 aliphatic rings. The molecule has 5 heteroatoms. The normalized spacial score (nSPS) is 12.5. The van der Waals surface area contributed by atoms with Gasteiger partial charge in [-0.3, -0.25) is 0 Å². The molecule has 118 valence electrons. The minimum absolute atomic E-state index is 0.265. The van der Waals surface area contributed by atoms with Crippen molar-refractivity contribution in [1.29, 1.82) is 0 Å². The Morgan fingerprint density at radius 1 is 1.04 bits per heavy atom. The third-order valence-electron chi connectivity index (χ3n) is 3.70. The maximum atomic E-state index is 13.0. The minimum Gasteiger partial charge on any atom is -0.504 e. The van der Waals surface area contributed by atoms with Crippen LogP contribution in [0.4, 0.5) is 0 Å². The second kappa shape index (κ2) is 5.93. The van der Waals surface area contributed by atoms with Gasteiger partial charge in [-0.1, -0.05) is 36.4 Å². The Hall–Kier alpha value is -2.53. The van der Waals surface area contributed by atoms with Crippen molar-refractivity contribution >= 4 is 26.5 Å². The Labute approximate surface area is 135 Å². The summed E-state index contributed by atoms with van der Waals surface area (Å²) in [5.41, 5.74) is 2.35. The van der Waals surface area contributed by atoms with Crippen LogP contribution in [0.2, 0.25) is 0 Å². The maximum Gasteiger partial charge on any atom is 0.268 e. The van der Waals surface area contributed by atoms with E-state index in [1.54, 1.807) is 56.0 Å². The maximum absolute atomic E-state index is 13.0. The Balaban J connectivity index is 2.29. The number of allylic oxidation sites excluding steroid dienone is 1. The highest BCUT2D eigenvalue weighted by molar-refractivity contribution is 7.90. The Morgan fingerprint density at radius 2 is 1.70 bits per heavy atom. The van der Waals surface area contributed by atoms with Crippen molar-refractivity contribution in [2.75, 3.05) is 7.11 Å². The second-order valence-corrected chi connectivity index (χ2v) is 7.03. The number of fused-ring (bicyclic) bond motifs is 1. The summed E-state index contributed by atoms with van der Waals surface area (Å²) in [5.74, 6) is 0. The number of para-hydroxylation sites is 1. The number of hydrogen-bond acceptors (Lipinski definition) is 3. The highest BCUT2D eigenvalue weighted by Gasteiger charge is 2.21. The van der Waals surface area contributed by atoms with E-state index in [9.17, 15) is 8.42 Å². The average Bonchev–Trinajstić information content (AvgIpc) is 2.96. The Bertz CT molecular complexity index is 970. The largest absolute Gasteiger partial charge is 0.504 e. The first-order valence-electron chi connectivity index (χ1n) is 7.16. The summed E-state index contributed by atoms with van der Waals surface area (Å²) >= 11 is 0. The molecule has 0 saturated heterocycles. The van der Waals surface area contributed by atoms with Crippen LogP contribution in [0.5, 0.6) is 0 Å². The zero-order valence-electron chi connectivity index (χ0n) is 12.9. The van der Waals surface area contributed by atoms with E-state index in [-0.39, 0.29) is 4.90 Å². The molecule has 0 radical (unpaired) electrons. The van der Waals surface area contributed by atoms with Crippen molar-refractivity contribution in [3.8, 4) is 0 Å². The van der Waals surface area contributed by atoms with Gasteiger partial charge in [0.05, 0.1) is 23.8 Å². The van der Waals surface area contributed by atoms with Crippen LogP contribution in [0.1, 0.15) is 12.5 Å². The number of hydrogen-bond donors (Lipinski definition) is 0. The van der Waals surface area contributed by atoms with Crippen molar-refractivity contribution in [2.24, 2.45) is 0 Å². The smallest absolute Gasteiger partial charge is 0.268 e. The van der Waals surface area contributed by atoms with Crippen LogP contribution < -0.4 is 0 Å². The standard InChI is InChI=1S/C18H17NO3S/c1-14(13-22-2)17-12-19(18-11-7-6-10-16(17)18)23(20,21)15-8-4-3-5-9-15/h3-13H,1-2H3/b14-13-. The van der Waals surface area contributed by atoms with Crippen LogP contribution in [0.3, 0.4) is 0 Å². The number of nitrogens with zero attached hydrogens (tertiary/aromatic N) is 1. The average molecular weight is 327 g/mol. The molecule has 0 aliphatic carbocycles. The molecule has 0 aliphatic heterocycles. The van der Waals surface area contributed by atoms with E-state index in [0.717, 1.165) is 16.5 Å². The highest BCUT2D eigenvalue weighted by atomic mass is 32.2. The summed E-state index contributed by atoms with van der Waals surface area (Å²) in [6.07, 6.45) is 3.26.